The maximum absolute atomic E-state index is 8.94. The summed E-state index contributed by atoms with van der Waals surface area (Å²) in [5, 5.41) is 14.1. The molecule has 1 aromatic carbocycles. The number of hydrogen-bond acceptors (Lipinski definition) is 2. The van der Waals surface area contributed by atoms with Gasteiger partial charge in [-0.05, 0) is 18.1 Å². The van der Waals surface area contributed by atoms with Crippen LogP contribution in [-0.2, 0) is 13.5 Å². The van der Waals surface area contributed by atoms with E-state index >= 15 is 0 Å². The zero-order valence-corrected chi connectivity index (χ0v) is 8.28. The van der Waals surface area contributed by atoms with Gasteiger partial charge in [0.15, 0.2) is 5.69 Å². The van der Waals surface area contributed by atoms with Crippen LogP contribution in [0.2, 0.25) is 0 Å². The molecule has 1 aromatic heterocycles. The lowest BCUT2D eigenvalue weighted by Gasteiger charge is -1.98. The number of rotatable bonds is 1. The van der Waals surface area contributed by atoms with Gasteiger partial charge in [-0.3, -0.25) is 4.68 Å². The second-order valence-corrected chi connectivity index (χ2v) is 3.25. The summed E-state index contributed by atoms with van der Waals surface area (Å²) >= 11 is 0. The van der Waals surface area contributed by atoms with E-state index in [1.54, 1.807) is 4.68 Å². The molecule has 0 N–H and O–H groups in total. The van der Waals surface area contributed by atoms with E-state index in [9.17, 15) is 0 Å². The first-order valence-corrected chi connectivity index (χ1v) is 4.62. The van der Waals surface area contributed by atoms with Gasteiger partial charge in [-0.15, -0.1) is 0 Å². The molecular formula is C11H11N3. The minimum absolute atomic E-state index is 0.528. The van der Waals surface area contributed by atoms with Crippen molar-refractivity contribution in [2.45, 2.75) is 13.3 Å². The number of aryl methyl sites for hydroxylation is 2. The monoisotopic (exact) mass is 185 g/mol. The quantitative estimate of drug-likeness (QED) is 0.682. The molecule has 14 heavy (non-hydrogen) atoms. The van der Waals surface area contributed by atoms with Crippen molar-refractivity contribution in [3.8, 4) is 6.07 Å². The summed E-state index contributed by atoms with van der Waals surface area (Å²) in [5.74, 6) is 0. The van der Waals surface area contributed by atoms with Gasteiger partial charge in [-0.25, -0.2) is 0 Å². The summed E-state index contributed by atoms with van der Waals surface area (Å²) in [5.41, 5.74) is 2.74. The van der Waals surface area contributed by atoms with Crippen LogP contribution in [-0.4, -0.2) is 9.78 Å². The Balaban J connectivity index is 2.91. The molecule has 0 aliphatic heterocycles. The Morgan fingerprint density at radius 3 is 2.93 bits per heavy atom. The lowest BCUT2D eigenvalue weighted by Crippen LogP contribution is -1.89. The molecule has 0 atom stereocenters. The molecule has 0 spiro atoms. The van der Waals surface area contributed by atoms with Crippen LogP contribution in [0.3, 0.4) is 0 Å². The van der Waals surface area contributed by atoms with Gasteiger partial charge < -0.3 is 0 Å². The molecule has 0 saturated carbocycles. The molecule has 0 amide bonds. The van der Waals surface area contributed by atoms with Crippen LogP contribution in [0.25, 0.3) is 10.9 Å². The second kappa shape index (κ2) is 3.15. The van der Waals surface area contributed by atoms with Crippen molar-refractivity contribution in [3.63, 3.8) is 0 Å². The molecule has 3 heteroatoms. The maximum Gasteiger partial charge on any atom is 0.170 e. The summed E-state index contributed by atoms with van der Waals surface area (Å²) in [7, 11) is 1.86. The Morgan fingerprint density at radius 1 is 1.50 bits per heavy atom. The van der Waals surface area contributed by atoms with Crippen LogP contribution in [0.15, 0.2) is 18.2 Å². The van der Waals surface area contributed by atoms with E-state index in [2.05, 4.69) is 18.1 Å². The van der Waals surface area contributed by atoms with E-state index in [0.29, 0.717) is 5.69 Å². The first-order chi connectivity index (χ1) is 6.77. The lowest BCUT2D eigenvalue weighted by atomic mass is 10.1. The van der Waals surface area contributed by atoms with Crippen LogP contribution in [0, 0.1) is 11.3 Å². The minimum atomic E-state index is 0.528. The van der Waals surface area contributed by atoms with E-state index in [1.165, 1.54) is 5.56 Å². The van der Waals surface area contributed by atoms with Crippen LogP contribution < -0.4 is 0 Å². The number of fused-ring (bicyclic) bond motifs is 1. The first kappa shape index (κ1) is 8.76. The smallest absolute Gasteiger partial charge is 0.170 e. The third-order valence-electron chi connectivity index (χ3n) is 2.45. The van der Waals surface area contributed by atoms with Crippen molar-refractivity contribution in [1.29, 1.82) is 5.26 Å². The standard InChI is InChI=1S/C11H11N3/c1-3-8-5-4-6-10-11(8)9(7-12)13-14(10)2/h4-6H,3H2,1-2H3. The Bertz CT molecular complexity index is 517. The number of aromatic nitrogens is 2. The molecule has 70 valence electrons. The zero-order chi connectivity index (χ0) is 10.1. The van der Waals surface area contributed by atoms with E-state index in [-0.39, 0.29) is 0 Å². The van der Waals surface area contributed by atoms with Crippen molar-refractivity contribution >= 4 is 10.9 Å². The van der Waals surface area contributed by atoms with Gasteiger partial charge in [0.05, 0.1) is 5.52 Å². The Kier molecular flexibility index (Phi) is 1.97. The largest absolute Gasteiger partial charge is 0.267 e. The van der Waals surface area contributed by atoms with Crippen molar-refractivity contribution in [3.05, 3.63) is 29.5 Å². The molecular weight excluding hydrogens is 174 g/mol. The number of nitrogens with zero attached hydrogens (tertiary/aromatic N) is 3. The second-order valence-electron chi connectivity index (χ2n) is 3.25. The Morgan fingerprint density at radius 2 is 2.29 bits per heavy atom. The number of hydrogen-bond donors (Lipinski definition) is 0. The predicted molar refractivity (Wildman–Crippen MR) is 54.8 cm³/mol. The van der Waals surface area contributed by atoms with Gasteiger partial charge in [0, 0.05) is 12.4 Å². The molecule has 2 rings (SSSR count). The highest BCUT2D eigenvalue weighted by molar-refractivity contribution is 5.87. The van der Waals surface area contributed by atoms with Crippen LogP contribution >= 0.6 is 0 Å². The highest BCUT2D eigenvalue weighted by Gasteiger charge is 2.10. The van der Waals surface area contributed by atoms with E-state index in [0.717, 1.165) is 17.3 Å². The first-order valence-electron chi connectivity index (χ1n) is 4.62. The van der Waals surface area contributed by atoms with Gasteiger partial charge >= 0.3 is 0 Å². The molecule has 0 fully saturated rings. The number of nitriles is 1. The van der Waals surface area contributed by atoms with Crippen molar-refractivity contribution in [2.75, 3.05) is 0 Å². The molecule has 0 radical (unpaired) electrons. The van der Waals surface area contributed by atoms with Crippen LogP contribution in [0.5, 0.6) is 0 Å². The molecule has 0 saturated heterocycles. The summed E-state index contributed by atoms with van der Waals surface area (Å²) < 4.78 is 1.76. The summed E-state index contributed by atoms with van der Waals surface area (Å²) in [6.45, 7) is 2.09. The molecule has 3 nitrogen and oxygen atoms in total. The zero-order valence-electron chi connectivity index (χ0n) is 8.28. The SMILES string of the molecule is CCc1cccc2c1c(C#N)nn2C. The normalized spacial score (nSPS) is 10.4. The summed E-state index contributed by atoms with van der Waals surface area (Å²) in [4.78, 5) is 0. The molecule has 0 bridgehead atoms. The van der Waals surface area contributed by atoms with Gasteiger partial charge in [-0.2, -0.15) is 10.4 Å². The Hall–Kier alpha value is -1.82. The average molecular weight is 185 g/mol. The fourth-order valence-corrected chi connectivity index (χ4v) is 1.76. The third-order valence-corrected chi connectivity index (χ3v) is 2.45. The number of benzene rings is 1. The molecule has 2 aromatic rings. The predicted octanol–water partition coefficient (Wildman–Crippen LogP) is 2.01. The summed E-state index contributed by atoms with van der Waals surface area (Å²) in [6, 6.07) is 8.17. The maximum atomic E-state index is 8.94. The summed E-state index contributed by atoms with van der Waals surface area (Å²) in [6.07, 6.45) is 0.928. The van der Waals surface area contributed by atoms with Gasteiger partial charge in [0.1, 0.15) is 6.07 Å². The fraction of sp³-hybridized carbons (Fsp3) is 0.273. The van der Waals surface area contributed by atoms with E-state index in [4.69, 9.17) is 5.26 Å². The minimum Gasteiger partial charge on any atom is -0.267 e. The molecule has 1 heterocycles. The van der Waals surface area contributed by atoms with Crippen LogP contribution in [0.4, 0.5) is 0 Å². The third kappa shape index (κ3) is 1.08. The van der Waals surface area contributed by atoms with Gasteiger partial charge in [0.2, 0.25) is 0 Å². The van der Waals surface area contributed by atoms with Crippen molar-refractivity contribution in [1.82, 2.24) is 9.78 Å². The molecule has 0 aliphatic carbocycles. The van der Waals surface area contributed by atoms with E-state index < -0.39 is 0 Å². The van der Waals surface area contributed by atoms with Gasteiger partial charge in [-0.1, -0.05) is 19.1 Å². The molecule has 0 unspecified atom stereocenters. The average Bonchev–Trinajstić information content (AvgIpc) is 2.56. The van der Waals surface area contributed by atoms with E-state index in [1.807, 2.05) is 25.2 Å². The van der Waals surface area contributed by atoms with Crippen molar-refractivity contribution in [2.24, 2.45) is 7.05 Å². The van der Waals surface area contributed by atoms with Gasteiger partial charge in [0.25, 0.3) is 0 Å². The lowest BCUT2D eigenvalue weighted by molar-refractivity contribution is 0.791. The molecule has 0 aliphatic rings. The van der Waals surface area contributed by atoms with Crippen LogP contribution in [0.1, 0.15) is 18.2 Å². The van der Waals surface area contributed by atoms with Crippen molar-refractivity contribution < 1.29 is 0 Å². The Labute approximate surface area is 82.6 Å². The fourth-order valence-electron chi connectivity index (χ4n) is 1.76. The topological polar surface area (TPSA) is 41.6 Å². The highest BCUT2D eigenvalue weighted by atomic mass is 15.3. The highest BCUT2D eigenvalue weighted by Crippen LogP contribution is 2.22.